The Bertz CT molecular complexity index is 898. The van der Waals surface area contributed by atoms with Gasteiger partial charge in [-0.15, -0.1) is 11.3 Å². The molecule has 1 aromatic heterocycles. The molecule has 0 spiro atoms. The van der Waals surface area contributed by atoms with Crippen LogP contribution in [-0.2, 0) is 9.53 Å². The van der Waals surface area contributed by atoms with E-state index in [4.69, 9.17) is 45.3 Å². The molecule has 1 fully saturated rings. The Labute approximate surface area is 180 Å². The van der Waals surface area contributed by atoms with Crippen LogP contribution < -0.4 is 0 Å². The number of thiocarbonyl (C=S) groups is 1. The summed E-state index contributed by atoms with van der Waals surface area (Å²) in [7, 11) is 0. The number of hydrogen-bond acceptors (Lipinski definition) is 6. The van der Waals surface area contributed by atoms with E-state index in [1.165, 1.54) is 28.0 Å². The fourth-order valence-corrected chi connectivity index (χ4v) is 5.17. The fraction of sp³-hybridized carbons (Fsp3) is 0.222. The van der Waals surface area contributed by atoms with Gasteiger partial charge >= 0.3 is 0 Å². The third-order valence-corrected chi connectivity index (χ3v) is 6.51. The molecule has 1 aliphatic heterocycles. The molecule has 0 radical (unpaired) electrons. The van der Waals surface area contributed by atoms with Crippen LogP contribution in [0.1, 0.15) is 4.88 Å². The average molecular weight is 460 g/mol. The van der Waals surface area contributed by atoms with E-state index in [-0.39, 0.29) is 19.1 Å². The van der Waals surface area contributed by atoms with Gasteiger partial charge in [0, 0.05) is 20.5 Å². The highest BCUT2D eigenvalue weighted by atomic mass is 35.5. The summed E-state index contributed by atoms with van der Waals surface area (Å²) < 4.78 is 5.73. The predicted molar refractivity (Wildman–Crippen MR) is 118 cm³/mol. The Morgan fingerprint density at radius 2 is 2.07 bits per heavy atom. The number of amides is 1. The number of hydrogen-bond donors (Lipinski definition) is 1. The number of aliphatic hydroxyl groups excluding tert-OH is 1. The van der Waals surface area contributed by atoms with Crippen molar-refractivity contribution in [3.8, 4) is 11.1 Å². The summed E-state index contributed by atoms with van der Waals surface area (Å²) in [6, 6.07) is 7.36. The van der Waals surface area contributed by atoms with E-state index in [0.717, 1.165) is 16.0 Å². The molecule has 1 amide bonds. The van der Waals surface area contributed by atoms with E-state index in [9.17, 15) is 4.79 Å². The van der Waals surface area contributed by atoms with Crippen LogP contribution in [0.25, 0.3) is 17.2 Å². The van der Waals surface area contributed by atoms with Gasteiger partial charge in [-0.2, -0.15) is 0 Å². The van der Waals surface area contributed by atoms with E-state index in [1.54, 1.807) is 12.1 Å². The summed E-state index contributed by atoms with van der Waals surface area (Å²) in [5.74, 6) is -0.128. The normalized spacial score (nSPS) is 16.0. The van der Waals surface area contributed by atoms with Crippen LogP contribution in [0.3, 0.4) is 0 Å². The molecule has 1 aromatic carbocycles. The van der Waals surface area contributed by atoms with Crippen LogP contribution in [-0.4, -0.2) is 46.6 Å². The second kappa shape index (κ2) is 9.52. The van der Waals surface area contributed by atoms with Crippen LogP contribution in [0.5, 0.6) is 0 Å². The molecule has 4 nitrogen and oxygen atoms in total. The maximum atomic E-state index is 12.6. The number of thiophene rings is 1. The minimum atomic E-state index is -0.128. The minimum Gasteiger partial charge on any atom is -0.394 e. The lowest BCUT2D eigenvalue weighted by Crippen LogP contribution is -2.31. The van der Waals surface area contributed by atoms with Gasteiger partial charge in [0.25, 0.3) is 5.91 Å². The van der Waals surface area contributed by atoms with Crippen molar-refractivity contribution in [2.75, 3.05) is 26.4 Å². The second-order valence-electron chi connectivity index (χ2n) is 5.53. The number of carbonyl (C=O) groups is 1. The Balaban J connectivity index is 1.73. The zero-order valence-electron chi connectivity index (χ0n) is 14.0. The number of ether oxygens (including phenoxy) is 1. The van der Waals surface area contributed by atoms with Crippen LogP contribution in [0.2, 0.25) is 10.0 Å². The second-order valence-corrected chi connectivity index (χ2v) is 8.99. The van der Waals surface area contributed by atoms with Crippen molar-refractivity contribution in [1.29, 1.82) is 0 Å². The quantitative estimate of drug-likeness (QED) is 0.361. The van der Waals surface area contributed by atoms with E-state index in [1.807, 2.05) is 23.6 Å². The van der Waals surface area contributed by atoms with E-state index in [0.29, 0.717) is 32.4 Å². The van der Waals surface area contributed by atoms with Crippen molar-refractivity contribution < 1.29 is 14.6 Å². The number of halogens is 2. The highest BCUT2D eigenvalue weighted by Gasteiger charge is 2.31. The van der Waals surface area contributed by atoms with Gasteiger partial charge in [0.2, 0.25) is 0 Å². The molecule has 27 heavy (non-hydrogen) atoms. The SMILES string of the molecule is O=C1/C(=C/c2cc(-c3ccc(Cl)cc3Cl)cs2)SC(=S)N1CCOCCO. The molecule has 1 N–H and O–H groups in total. The first-order valence-corrected chi connectivity index (χ1v) is 10.8. The maximum Gasteiger partial charge on any atom is 0.266 e. The average Bonchev–Trinajstić information content (AvgIpc) is 3.18. The lowest BCUT2D eigenvalue weighted by molar-refractivity contribution is -0.122. The maximum absolute atomic E-state index is 12.6. The molecule has 0 unspecified atom stereocenters. The largest absolute Gasteiger partial charge is 0.394 e. The Morgan fingerprint density at radius 3 is 2.81 bits per heavy atom. The Hall–Kier alpha value is -0.930. The van der Waals surface area contributed by atoms with Crippen LogP contribution in [0.15, 0.2) is 34.6 Å². The molecule has 0 atom stereocenters. The molecule has 1 saturated heterocycles. The van der Waals surface area contributed by atoms with Gasteiger partial charge in [-0.25, -0.2) is 0 Å². The molecule has 0 bridgehead atoms. The number of thioether (sulfide) groups is 1. The fourth-order valence-electron chi connectivity index (χ4n) is 2.44. The topological polar surface area (TPSA) is 49.8 Å². The Kier molecular flexibility index (Phi) is 7.33. The molecule has 0 aliphatic carbocycles. The number of carbonyl (C=O) groups excluding carboxylic acids is 1. The van der Waals surface area contributed by atoms with Gasteiger partial charge < -0.3 is 9.84 Å². The standard InChI is InChI=1S/C18H15Cl2NO3S3/c19-12-1-2-14(15(20)8-12)11-7-13(26-10-11)9-16-17(23)21(18(25)27-16)3-5-24-6-4-22/h1-2,7-10,22H,3-6H2/b16-9-. The smallest absolute Gasteiger partial charge is 0.266 e. The first-order chi connectivity index (χ1) is 13.0. The van der Waals surface area contributed by atoms with Gasteiger partial charge in [-0.1, -0.05) is 53.2 Å². The summed E-state index contributed by atoms with van der Waals surface area (Å²) in [6.07, 6.45) is 1.84. The Morgan fingerprint density at radius 1 is 1.26 bits per heavy atom. The molecule has 0 saturated carbocycles. The number of benzene rings is 1. The van der Waals surface area contributed by atoms with Crippen LogP contribution in [0, 0.1) is 0 Å². The zero-order chi connectivity index (χ0) is 19.4. The van der Waals surface area contributed by atoms with E-state index in [2.05, 4.69) is 0 Å². The molecule has 9 heteroatoms. The van der Waals surface area contributed by atoms with Gasteiger partial charge in [0.15, 0.2) is 0 Å². The summed E-state index contributed by atoms with van der Waals surface area (Å²) in [5.41, 5.74) is 1.87. The van der Waals surface area contributed by atoms with Crippen molar-refractivity contribution in [1.82, 2.24) is 4.90 Å². The molecule has 1 aliphatic rings. The number of nitrogens with zero attached hydrogens (tertiary/aromatic N) is 1. The van der Waals surface area contributed by atoms with Crippen molar-refractivity contribution in [2.45, 2.75) is 0 Å². The molecular formula is C18H15Cl2NO3S3. The summed E-state index contributed by atoms with van der Waals surface area (Å²) in [6.45, 7) is 0.906. The third-order valence-electron chi connectivity index (χ3n) is 3.70. The molecule has 142 valence electrons. The van der Waals surface area contributed by atoms with Crippen molar-refractivity contribution >= 4 is 74.8 Å². The van der Waals surface area contributed by atoms with Gasteiger partial charge in [-0.3, -0.25) is 9.69 Å². The third kappa shape index (κ3) is 5.12. The van der Waals surface area contributed by atoms with Gasteiger partial charge in [0.05, 0.1) is 31.3 Å². The van der Waals surface area contributed by atoms with Crippen molar-refractivity contribution in [3.63, 3.8) is 0 Å². The summed E-state index contributed by atoms with van der Waals surface area (Å²) in [4.78, 5) is 15.6. The highest BCUT2D eigenvalue weighted by molar-refractivity contribution is 8.26. The summed E-state index contributed by atoms with van der Waals surface area (Å²) >= 11 is 20.3. The predicted octanol–water partition coefficient (Wildman–Crippen LogP) is 4.93. The van der Waals surface area contributed by atoms with Crippen molar-refractivity contribution in [3.05, 3.63) is 49.5 Å². The van der Waals surface area contributed by atoms with Gasteiger partial charge in [0.1, 0.15) is 4.32 Å². The molecule has 2 aromatic rings. The lowest BCUT2D eigenvalue weighted by atomic mass is 10.1. The first kappa shape index (κ1) is 20.8. The van der Waals surface area contributed by atoms with E-state index >= 15 is 0 Å². The number of rotatable bonds is 7. The molecule has 2 heterocycles. The van der Waals surface area contributed by atoms with E-state index < -0.39 is 0 Å². The van der Waals surface area contributed by atoms with Crippen LogP contribution in [0.4, 0.5) is 0 Å². The minimum absolute atomic E-state index is 0.0450. The molecular weight excluding hydrogens is 445 g/mol. The van der Waals surface area contributed by atoms with Gasteiger partial charge in [-0.05, 0) is 35.2 Å². The lowest BCUT2D eigenvalue weighted by Gasteiger charge is -2.13. The highest BCUT2D eigenvalue weighted by Crippen LogP contribution is 2.36. The number of aliphatic hydroxyl groups is 1. The zero-order valence-corrected chi connectivity index (χ0v) is 17.9. The summed E-state index contributed by atoms with van der Waals surface area (Å²) in [5, 5.41) is 11.9. The van der Waals surface area contributed by atoms with Crippen molar-refractivity contribution in [2.24, 2.45) is 0 Å². The van der Waals surface area contributed by atoms with Crippen LogP contribution >= 0.6 is 58.5 Å². The monoisotopic (exact) mass is 459 g/mol. The molecule has 3 rings (SSSR count). The first-order valence-electron chi connectivity index (χ1n) is 7.97.